The van der Waals surface area contributed by atoms with Crippen LogP contribution in [0.4, 0.5) is 0 Å². The van der Waals surface area contributed by atoms with Crippen LogP contribution in [-0.2, 0) is 21.1 Å². The van der Waals surface area contributed by atoms with Gasteiger partial charge in [-0.25, -0.2) is 21.1 Å². The molecule has 0 saturated carbocycles. The topological polar surface area (TPSA) is 58.4 Å². The van der Waals surface area contributed by atoms with E-state index in [9.17, 15) is 0 Å². The summed E-state index contributed by atoms with van der Waals surface area (Å²) in [6.07, 6.45) is 3.50. The van der Waals surface area contributed by atoms with Gasteiger partial charge in [0.15, 0.2) is 0 Å². The number of para-hydroxylation sites is 1. The van der Waals surface area contributed by atoms with E-state index in [-0.39, 0.29) is 33.3 Å². The minimum Gasteiger partial charge on any atom is -0.511 e. The number of rotatable bonds is 8. The van der Waals surface area contributed by atoms with Gasteiger partial charge in [-0.3, -0.25) is 0 Å². The van der Waals surface area contributed by atoms with E-state index in [1.165, 1.54) is 0 Å². The number of hydrogen-bond acceptors (Lipinski definition) is 5. The molecule has 0 bridgehead atoms. The van der Waals surface area contributed by atoms with Gasteiger partial charge in [-0.05, 0) is 62.9 Å². The molecule has 0 aliphatic carbocycles. The number of benzene rings is 3. The van der Waals surface area contributed by atoms with Crippen LogP contribution in [0, 0.1) is 12.1 Å². The maximum absolute atomic E-state index is 6.16. The van der Waals surface area contributed by atoms with Crippen LogP contribution in [0.1, 0.15) is 27.7 Å². The SMILES string of the molecule is CC(C)Oc1cc(Oc2cc(OC(C)C)ccn2)[c-]c(-c2[c-]c3c(cc2)c2ccccc2n3-c2ccccn2)c1.[Pt+2]. The van der Waals surface area contributed by atoms with Crippen LogP contribution < -0.4 is 14.2 Å². The third kappa shape index (κ3) is 6.13. The third-order valence-corrected chi connectivity index (χ3v) is 6.23. The first-order valence-electron chi connectivity index (χ1n) is 13.4. The maximum atomic E-state index is 6.16. The first kappa shape index (κ1) is 28.4. The summed E-state index contributed by atoms with van der Waals surface area (Å²) in [6.45, 7) is 7.95. The van der Waals surface area contributed by atoms with Gasteiger partial charge in [0.25, 0.3) is 0 Å². The number of fused-ring (bicyclic) bond motifs is 3. The Morgan fingerprint density at radius 1 is 0.683 bits per heavy atom. The Kier molecular flexibility index (Phi) is 8.41. The van der Waals surface area contributed by atoms with Gasteiger partial charge in [0.2, 0.25) is 5.88 Å². The molecule has 6 nitrogen and oxygen atoms in total. The van der Waals surface area contributed by atoms with Crippen molar-refractivity contribution in [3.63, 3.8) is 0 Å². The van der Waals surface area contributed by atoms with Crippen molar-refractivity contribution in [1.29, 1.82) is 0 Å². The number of pyridine rings is 2. The zero-order valence-corrected chi connectivity index (χ0v) is 25.5. The zero-order valence-electron chi connectivity index (χ0n) is 23.2. The molecule has 0 N–H and O–H groups in total. The summed E-state index contributed by atoms with van der Waals surface area (Å²) in [5.74, 6) is 3.10. The summed E-state index contributed by atoms with van der Waals surface area (Å²) in [5, 5.41) is 2.24. The summed E-state index contributed by atoms with van der Waals surface area (Å²) in [6, 6.07) is 32.9. The first-order valence-corrected chi connectivity index (χ1v) is 13.4. The summed E-state index contributed by atoms with van der Waals surface area (Å²) in [5.41, 5.74) is 3.66. The largest absolute Gasteiger partial charge is 2.00 e. The van der Waals surface area contributed by atoms with E-state index >= 15 is 0 Å². The number of hydrogen-bond donors (Lipinski definition) is 0. The van der Waals surface area contributed by atoms with Crippen molar-refractivity contribution in [3.8, 4) is 40.1 Å². The second-order valence-electron chi connectivity index (χ2n) is 10.0. The molecule has 0 fully saturated rings. The molecule has 7 heteroatoms. The predicted molar refractivity (Wildman–Crippen MR) is 158 cm³/mol. The number of nitrogens with zero attached hydrogens (tertiary/aromatic N) is 3. The summed E-state index contributed by atoms with van der Waals surface area (Å²) in [4.78, 5) is 9.00. The Morgan fingerprint density at radius 3 is 2.24 bits per heavy atom. The summed E-state index contributed by atoms with van der Waals surface area (Å²) >= 11 is 0. The molecule has 3 aromatic carbocycles. The van der Waals surface area contributed by atoms with Gasteiger partial charge < -0.3 is 18.8 Å². The van der Waals surface area contributed by atoms with E-state index in [1.807, 2.05) is 70.2 Å². The molecule has 6 aromatic rings. The number of aromatic nitrogens is 3. The van der Waals surface area contributed by atoms with Crippen molar-refractivity contribution in [2.75, 3.05) is 0 Å². The molecule has 0 atom stereocenters. The van der Waals surface area contributed by atoms with Crippen molar-refractivity contribution >= 4 is 21.8 Å². The Hall–Kier alpha value is -4.15. The van der Waals surface area contributed by atoms with Crippen LogP contribution in [0.15, 0.2) is 91.3 Å². The monoisotopic (exact) mass is 722 g/mol. The van der Waals surface area contributed by atoms with Gasteiger partial charge in [-0.2, -0.15) is 12.1 Å². The second kappa shape index (κ2) is 12.2. The van der Waals surface area contributed by atoms with Gasteiger partial charge >= 0.3 is 21.1 Å². The molecule has 3 heterocycles. The molecular formula is C34H29N3O3Pt. The van der Waals surface area contributed by atoms with Crippen LogP contribution in [0.5, 0.6) is 23.1 Å². The van der Waals surface area contributed by atoms with Crippen molar-refractivity contribution in [3.05, 3.63) is 103 Å². The predicted octanol–water partition coefficient (Wildman–Crippen LogP) is 8.21. The smallest absolute Gasteiger partial charge is 0.511 e. The van der Waals surface area contributed by atoms with Gasteiger partial charge in [0.1, 0.15) is 11.6 Å². The van der Waals surface area contributed by atoms with Crippen LogP contribution >= 0.6 is 0 Å². The molecule has 208 valence electrons. The summed E-state index contributed by atoms with van der Waals surface area (Å²) in [7, 11) is 0. The molecular weight excluding hydrogens is 693 g/mol. The second-order valence-corrected chi connectivity index (χ2v) is 10.0. The minimum atomic E-state index is -0.0119. The Morgan fingerprint density at radius 2 is 1.46 bits per heavy atom. The van der Waals surface area contributed by atoms with Gasteiger partial charge in [0.05, 0.1) is 12.2 Å². The van der Waals surface area contributed by atoms with Crippen LogP contribution in [0.3, 0.4) is 0 Å². The Bertz CT molecular complexity index is 1800. The van der Waals surface area contributed by atoms with Crippen molar-refractivity contribution in [2.24, 2.45) is 0 Å². The standard InChI is InChI=1S/C34H29N3O3.Pt/c1-22(2)38-26-14-16-36-34(21-26)40-28-18-25(17-27(20-28)39-23(3)4)24-12-13-30-29-9-5-6-10-31(29)37(32(30)19-24)33-11-7-8-15-35-33;/h5-17,20-23H,1-4H3;/q-2;+2. The van der Waals surface area contributed by atoms with E-state index in [0.717, 1.165) is 38.8 Å². The van der Waals surface area contributed by atoms with E-state index in [2.05, 4.69) is 57.0 Å². The fourth-order valence-electron chi connectivity index (χ4n) is 4.74. The molecule has 41 heavy (non-hydrogen) atoms. The third-order valence-electron chi connectivity index (χ3n) is 6.23. The van der Waals surface area contributed by atoms with Crippen LogP contribution in [-0.4, -0.2) is 26.7 Å². The Balaban J connectivity index is 0.00000337. The molecule has 0 saturated heterocycles. The molecule has 0 radical (unpaired) electrons. The molecule has 0 aliphatic heterocycles. The normalized spacial score (nSPS) is 11.2. The molecule has 3 aromatic heterocycles. The average Bonchev–Trinajstić information content (AvgIpc) is 3.26. The van der Waals surface area contributed by atoms with Crippen molar-refractivity contribution < 1.29 is 35.3 Å². The fourth-order valence-corrected chi connectivity index (χ4v) is 4.74. The van der Waals surface area contributed by atoms with E-state index < -0.39 is 0 Å². The molecule has 0 amide bonds. The van der Waals surface area contributed by atoms with Gasteiger partial charge in [0, 0.05) is 35.5 Å². The molecule has 6 rings (SSSR count). The minimum absolute atomic E-state index is 0. The first-order chi connectivity index (χ1) is 19.4. The fraction of sp³-hybridized carbons (Fsp3) is 0.176. The van der Waals surface area contributed by atoms with Crippen LogP contribution in [0.25, 0.3) is 38.8 Å². The molecule has 0 unspecified atom stereocenters. The van der Waals surface area contributed by atoms with E-state index in [0.29, 0.717) is 23.1 Å². The van der Waals surface area contributed by atoms with Gasteiger partial charge in [-0.15, -0.1) is 18.2 Å². The number of ether oxygens (including phenoxy) is 3. The average molecular weight is 723 g/mol. The van der Waals surface area contributed by atoms with Crippen LogP contribution in [0.2, 0.25) is 0 Å². The van der Waals surface area contributed by atoms with E-state index in [1.54, 1.807) is 18.5 Å². The van der Waals surface area contributed by atoms with Crippen molar-refractivity contribution in [2.45, 2.75) is 39.9 Å². The summed E-state index contributed by atoms with van der Waals surface area (Å²) < 4.78 is 20.2. The van der Waals surface area contributed by atoms with Gasteiger partial charge in [-0.1, -0.05) is 35.7 Å². The van der Waals surface area contributed by atoms with E-state index in [4.69, 9.17) is 14.2 Å². The quantitative estimate of drug-likeness (QED) is 0.148. The zero-order chi connectivity index (χ0) is 27.6. The Labute approximate surface area is 254 Å². The van der Waals surface area contributed by atoms with Crippen molar-refractivity contribution in [1.82, 2.24) is 14.5 Å². The molecule has 0 aliphatic rings. The maximum Gasteiger partial charge on any atom is 2.00 e. The molecule has 0 spiro atoms.